The topological polar surface area (TPSA) is 23.6 Å². The summed E-state index contributed by atoms with van der Waals surface area (Å²) in [6.07, 6.45) is 2.04. The summed E-state index contributed by atoms with van der Waals surface area (Å²) in [4.78, 5) is 18.4. The van der Waals surface area contributed by atoms with E-state index < -0.39 is 0 Å². The normalized spacial score (nSPS) is 21.4. The molecule has 0 N–H and O–H groups in total. The first kappa shape index (κ1) is 14.9. The molecule has 2 aliphatic heterocycles. The van der Waals surface area contributed by atoms with Crippen LogP contribution in [-0.4, -0.2) is 28.7 Å². The Balaban J connectivity index is 1.91. The van der Waals surface area contributed by atoms with Crippen molar-refractivity contribution in [1.82, 2.24) is 4.90 Å². The van der Waals surface area contributed by atoms with Crippen molar-refractivity contribution in [1.29, 1.82) is 0 Å². The molecule has 2 aliphatic rings. The van der Waals surface area contributed by atoms with Crippen LogP contribution in [0.4, 0.5) is 5.69 Å². The highest BCUT2D eigenvalue weighted by Gasteiger charge is 2.37. The number of amides is 1. The van der Waals surface area contributed by atoms with Crippen LogP contribution in [0.25, 0.3) is 0 Å². The molecule has 21 heavy (non-hydrogen) atoms. The Hall–Kier alpha value is -0.980. The molecular weight excluding hydrogens is 320 g/mol. The van der Waals surface area contributed by atoms with Gasteiger partial charge in [0.05, 0.1) is 10.7 Å². The quantitative estimate of drug-likeness (QED) is 0.612. The minimum Gasteiger partial charge on any atom is -0.337 e. The number of thioether (sulfide) groups is 2. The molecule has 110 valence electrons. The van der Waals surface area contributed by atoms with Crippen molar-refractivity contribution in [2.75, 3.05) is 18.5 Å². The molecule has 0 aromatic heterocycles. The molecule has 1 aromatic carbocycles. The molecule has 0 atom stereocenters. The van der Waals surface area contributed by atoms with Crippen molar-refractivity contribution in [2.45, 2.75) is 24.7 Å². The standard InChI is InChI=1S/C15H16N2OS3/c1-3-4-9-17-13(18)12(21-15(17)19)14-16(2)10-7-5-6-8-11(10)20-14/h5-8H,3-4,9H2,1-2H3. The first-order valence-corrected chi connectivity index (χ1v) is 8.96. The van der Waals surface area contributed by atoms with Gasteiger partial charge in [-0.05, 0) is 18.6 Å². The van der Waals surface area contributed by atoms with Crippen LogP contribution in [0.1, 0.15) is 19.8 Å². The smallest absolute Gasteiger partial charge is 0.268 e. The van der Waals surface area contributed by atoms with Gasteiger partial charge in [0.2, 0.25) is 0 Å². The molecule has 0 saturated carbocycles. The summed E-state index contributed by atoms with van der Waals surface area (Å²) in [5.41, 5.74) is 1.15. The van der Waals surface area contributed by atoms with Crippen LogP contribution in [0.15, 0.2) is 39.1 Å². The number of rotatable bonds is 3. The van der Waals surface area contributed by atoms with Gasteiger partial charge in [0.1, 0.15) is 9.23 Å². The zero-order valence-electron chi connectivity index (χ0n) is 12.0. The number of hydrogen-bond donors (Lipinski definition) is 0. The third-order valence-corrected chi connectivity index (χ3v) is 6.32. The first-order chi connectivity index (χ1) is 10.1. The molecule has 0 radical (unpaired) electrons. The number of nitrogens with zero attached hydrogens (tertiary/aromatic N) is 2. The zero-order chi connectivity index (χ0) is 15.0. The van der Waals surface area contributed by atoms with Crippen molar-refractivity contribution >= 4 is 51.7 Å². The van der Waals surface area contributed by atoms with Gasteiger partial charge in [-0.15, -0.1) is 0 Å². The van der Waals surface area contributed by atoms with E-state index in [-0.39, 0.29) is 5.91 Å². The molecule has 1 aromatic rings. The number of para-hydroxylation sites is 1. The highest BCUT2D eigenvalue weighted by molar-refractivity contribution is 8.27. The molecule has 6 heteroatoms. The third-order valence-electron chi connectivity index (χ3n) is 3.52. The number of anilines is 1. The molecule has 3 rings (SSSR count). The second-order valence-electron chi connectivity index (χ2n) is 4.94. The Morgan fingerprint density at radius 1 is 1.24 bits per heavy atom. The maximum atomic E-state index is 12.6. The zero-order valence-corrected chi connectivity index (χ0v) is 14.4. The SMILES string of the molecule is CCCCN1C(=O)C(=C2Sc3ccccc3N2C)SC1=S. The number of carbonyl (C=O) groups excluding carboxylic acids is 1. The van der Waals surface area contributed by atoms with E-state index in [2.05, 4.69) is 24.0 Å². The van der Waals surface area contributed by atoms with Crippen molar-refractivity contribution in [2.24, 2.45) is 0 Å². The van der Waals surface area contributed by atoms with Crippen molar-refractivity contribution < 1.29 is 4.79 Å². The van der Waals surface area contributed by atoms with E-state index >= 15 is 0 Å². The van der Waals surface area contributed by atoms with Gasteiger partial charge in [-0.3, -0.25) is 9.69 Å². The monoisotopic (exact) mass is 336 g/mol. The average molecular weight is 337 g/mol. The minimum absolute atomic E-state index is 0.0561. The molecule has 1 saturated heterocycles. The molecule has 0 unspecified atom stereocenters. The van der Waals surface area contributed by atoms with Gasteiger partial charge in [0, 0.05) is 18.5 Å². The molecule has 1 fully saturated rings. The predicted octanol–water partition coefficient (Wildman–Crippen LogP) is 4.06. The number of unbranched alkanes of at least 4 members (excludes halogenated alkanes) is 1. The fourth-order valence-corrected chi connectivity index (χ4v) is 4.97. The van der Waals surface area contributed by atoms with Gasteiger partial charge in [-0.2, -0.15) is 0 Å². The van der Waals surface area contributed by atoms with E-state index in [1.165, 1.54) is 16.7 Å². The first-order valence-electron chi connectivity index (χ1n) is 6.92. The van der Waals surface area contributed by atoms with E-state index in [1.54, 1.807) is 16.7 Å². The lowest BCUT2D eigenvalue weighted by atomic mass is 10.3. The number of hydrogen-bond acceptors (Lipinski definition) is 5. The lowest BCUT2D eigenvalue weighted by Gasteiger charge is -2.15. The highest BCUT2D eigenvalue weighted by atomic mass is 32.2. The molecule has 1 amide bonds. The Morgan fingerprint density at radius 3 is 2.71 bits per heavy atom. The summed E-state index contributed by atoms with van der Waals surface area (Å²) in [5, 5.41) is 0.993. The van der Waals surface area contributed by atoms with Crippen molar-refractivity contribution in [3.05, 3.63) is 34.2 Å². The number of benzene rings is 1. The van der Waals surface area contributed by atoms with Gasteiger partial charge < -0.3 is 4.90 Å². The fourth-order valence-electron chi connectivity index (χ4n) is 2.34. The molecule has 0 spiro atoms. The third kappa shape index (κ3) is 2.60. The van der Waals surface area contributed by atoms with Crippen molar-refractivity contribution in [3.8, 4) is 0 Å². The second kappa shape index (κ2) is 6.02. The largest absolute Gasteiger partial charge is 0.337 e. The van der Waals surface area contributed by atoms with Crippen LogP contribution in [0.3, 0.4) is 0 Å². The lowest BCUT2D eigenvalue weighted by molar-refractivity contribution is -0.122. The van der Waals surface area contributed by atoms with Gasteiger partial charge in [0.15, 0.2) is 0 Å². The Morgan fingerprint density at radius 2 is 2.00 bits per heavy atom. The van der Waals surface area contributed by atoms with Gasteiger partial charge in [0.25, 0.3) is 5.91 Å². The molecular formula is C15H16N2OS3. The summed E-state index contributed by atoms with van der Waals surface area (Å²) in [7, 11) is 2.01. The number of thiocarbonyl (C=S) groups is 1. The second-order valence-corrected chi connectivity index (χ2v) is 7.62. The Labute approximate surface area is 138 Å². The Kier molecular flexibility index (Phi) is 4.28. The van der Waals surface area contributed by atoms with Crippen LogP contribution < -0.4 is 4.90 Å². The van der Waals surface area contributed by atoms with E-state index in [1.807, 2.05) is 19.2 Å². The van der Waals surface area contributed by atoms with Gasteiger partial charge >= 0.3 is 0 Å². The molecule has 2 heterocycles. The number of fused-ring (bicyclic) bond motifs is 1. The summed E-state index contributed by atoms with van der Waals surface area (Å²) in [5.74, 6) is 0.0561. The summed E-state index contributed by atoms with van der Waals surface area (Å²) >= 11 is 8.45. The maximum Gasteiger partial charge on any atom is 0.268 e. The van der Waals surface area contributed by atoms with E-state index in [9.17, 15) is 4.79 Å². The maximum absolute atomic E-state index is 12.6. The summed E-state index contributed by atoms with van der Waals surface area (Å²) in [6.45, 7) is 2.84. The van der Waals surface area contributed by atoms with E-state index in [4.69, 9.17) is 12.2 Å². The van der Waals surface area contributed by atoms with Crippen LogP contribution in [0, 0.1) is 0 Å². The molecule has 0 aliphatic carbocycles. The molecule has 0 bridgehead atoms. The highest BCUT2D eigenvalue weighted by Crippen LogP contribution is 2.49. The van der Waals surface area contributed by atoms with E-state index in [0.717, 1.165) is 35.0 Å². The lowest BCUT2D eigenvalue weighted by Crippen LogP contribution is -2.29. The average Bonchev–Trinajstić information content (AvgIpc) is 2.96. The van der Waals surface area contributed by atoms with Crippen LogP contribution in [0.5, 0.6) is 0 Å². The van der Waals surface area contributed by atoms with Crippen LogP contribution >= 0.6 is 35.7 Å². The van der Waals surface area contributed by atoms with Gasteiger partial charge in [-0.25, -0.2) is 0 Å². The van der Waals surface area contributed by atoms with Gasteiger partial charge in [-0.1, -0.05) is 61.2 Å². The van der Waals surface area contributed by atoms with Crippen LogP contribution in [0.2, 0.25) is 0 Å². The predicted molar refractivity (Wildman–Crippen MR) is 94.5 cm³/mol. The fraction of sp³-hybridized carbons (Fsp3) is 0.333. The summed E-state index contributed by atoms with van der Waals surface area (Å²) in [6, 6.07) is 8.20. The summed E-state index contributed by atoms with van der Waals surface area (Å²) < 4.78 is 0.681. The van der Waals surface area contributed by atoms with Crippen LogP contribution in [-0.2, 0) is 4.79 Å². The number of carbonyl (C=O) groups is 1. The Bertz CT molecular complexity index is 642. The minimum atomic E-state index is 0.0561. The van der Waals surface area contributed by atoms with Crippen molar-refractivity contribution in [3.63, 3.8) is 0 Å². The molecule has 3 nitrogen and oxygen atoms in total. The van der Waals surface area contributed by atoms with E-state index in [0.29, 0.717) is 4.32 Å².